The van der Waals surface area contributed by atoms with Crippen LogP contribution < -0.4 is 5.32 Å². The summed E-state index contributed by atoms with van der Waals surface area (Å²) in [5, 5.41) is 3.28. The average Bonchev–Trinajstić information content (AvgIpc) is 2.49. The lowest BCUT2D eigenvalue weighted by Crippen LogP contribution is -2.47. The Morgan fingerprint density at radius 1 is 1.14 bits per heavy atom. The molecule has 0 radical (unpaired) electrons. The van der Waals surface area contributed by atoms with E-state index in [2.05, 4.69) is 17.3 Å². The number of carbonyl (C=O) groups is 1. The second-order valence-electron chi connectivity index (χ2n) is 5.56. The van der Waals surface area contributed by atoms with E-state index in [1.165, 1.54) is 12.1 Å². The number of piperazine rings is 1. The molecule has 0 unspecified atom stereocenters. The second-order valence-corrected chi connectivity index (χ2v) is 5.56. The van der Waals surface area contributed by atoms with E-state index in [0.29, 0.717) is 13.0 Å². The van der Waals surface area contributed by atoms with Gasteiger partial charge in [-0.2, -0.15) is 0 Å². The standard InChI is InChI=1S/C16H24FN3O/c1-19-10-12-20(13-11-19)16(21)7-9-18-8-6-14-2-4-15(17)5-3-14/h2-5,18H,6-13H2,1H3. The molecule has 5 heteroatoms. The van der Waals surface area contributed by atoms with Crippen molar-refractivity contribution < 1.29 is 9.18 Å². The molecule has 2 rings (SSSR count). The van der Waals surface area contributed by atoms with Gasteiger partial charge in [-0.05, 0) is 37.7 Å². The molecule has 0 saturated carbocycles. The van der Waals surface area contributed by atoms with Crippen LogP contribution in [0.5, 0.6) is 0 Å². The number of hydrogen-bond donors (Lipinski definition) is 1. The smallest absolute Gasteiger partial charge is 0.223 e. The molecule has 1 fully saturated rings. The lowest BCUT2D eigenvalue weighted by molar-refractivity contribution is -0.132. The Morgan fingerprint density at radius 2 is 1.81 bits per heavy atom. The Morgan fingerprint density at radius 3 is 2.48 bits per heavy atom. The van der Waals surface area contributed by atoms with E-state index < -0.39 is 0 Å². The van der Waals surface area contributed by atoms with Crippen molar-refractivity contribution in [2.45, 2.75) is 12.8 Å². The van der Waals surface area contributed by atoms with Crippen molar-refractivity contribution >= 4 is 5.91 Å². The van der Waals surface area contributed by atoms with Crippen LogP contribution in [0.15, 0.2) is 24.3 Å². The summed E-state index contributed by atoms with van der Waals surface area (Å²) in [6, 6.07) is 6.55. The predicted molar refractivity (Wildman–Crippen MR) is 81.7 cm³/mol. The maximum atomic E-state index is 12.8. The first-order valence-corrected chi connectivity index (χ1v) is 7.56. The van der Waals surface area contributed by atoms with Gasteiger partial charge >= 0.3 is 0 Å². The van der Waals surface area contributed by atoms with Crippen LogP contribution in [0.4, 0.5) is 4.39 Å². The van der Waals surface area contributed by atoms with E-state index in [4.69, 9.17) is 0 Å². The predicted octanol–water partition coefficient (Wildman–Crippen LogP) is 1.12. The zero-order valence-electron chi connectivity index (χ0n) is 12.6. The number of carbonyl (C=O) groups excluding carboxylic acids is 1. The van der Waals surface area contributed by atoms with Crippen molar-refractivity contribution in [1.82, 2.24) is 15.1 Å². The highest BCUT2D eigenvalue weighted by molar-refractivity contribution is 5.76. The van der Waals surface area contributed by atoms with E-state index in [0.717, 1.165) is 44.7 Å². The Bertz CT molecular complexity index is 441. The minimum absolute atomic E-state index is 0.204. The molecular formula is C16H24FN3O. The molecule has 1 heterocycles. The van der Waals surface area contributed by atoms with Gasteiger partial charge in [0.25, 0.3) is 0 Å². The van der Waals surface area contributed by atoms with Crippen LogP contribution in [0, 0.1) is 5.82 Å². The van der Waals surface area contributed by atoms with Crippen molar-refractivity contribution in [2.75, 3.05) is 46.3 Å². The summed E-state index contributed by atoms with van der Waals surface area (Å²) in [5.41, 5.74) is 1.11. The first-order chi connectivity index (χ1) is 10.1. The van der Waals surface area contributed by atoms with Crippen LogP contribution in [0.25, 0.3) is 0 Å². The molecule has 0 spiro atoms. The molecule has 0 bridgehead atoms. The number of benzene rings is 1. The summed E-state index contributed by atoms with van der Waals surface area (Å²) >= 11 is 0. The molecule has 1 saturated heterocycles. The lowest BCUT2D eigenvalue weighted by atomic mass is 10.1. The topological polar surface area (TPSA) is 35.6 Å². The number of likely N-dealkylation sites (N-methyl/N-ethyl adjacent to an activating group) is 1. The van der Waals surface area contributed by atoms with E-state index >= 15 is 0 Å². The highest BCUT2D eigenvalue weighted by Crippen LogP contribution is 2.03. The summed E-state index contributed by atoms with van der Waals surface area (Å²) < 4.78 is 12.8. The fourth-order valence-electron chi connectivity index (χ4n) is 2.42. The molecule has 1 aromatic carbocycles. The summed E-state index contributed by atoms with van der Waals surface area (Å²) in [7, 11) is 2.08. The Kier molecular flexibility index (Phi) is 6.14. The summed E-state index contributed by atoms with van der Waals surface area (Å²) in [6.07, 6.45) is 1.40. The minimum atomic E-state index is -0.204. The average molecular weight is 293 g/mol. The van der Waals surface area contributed by atoms with Gasteiger partial charge < -0.3 is 15.1 Å². The van der Waals surface area contributed by atoms with Crippen LogP contribution in [0.3, 0.4) is 0 Å². The van der Waals surface area contributed by atoms with Crippen molar-refractivity contribution in [3.63, 3.8) is 0 Å². The van der Waals surface area contributed by atoms with E-state index in [1.807, 2.05) is 4.90 Å². The first-order valence-electron chi connectivity index (χ1n) is 7.56. The number of nitrogens with one attached hydrogen (secondary N) is 1. The quantitative estimate of drug-likeness (QED) is 0.799. The summed E-state index contributed by atoms with van der Waals surface area (Å²) in [6.45, 7) is 5.11. The summed E-state index contributed by atoms with van der Waals surface area (Å²) in [4.78, 5) is 16.2. The number of nitrogens with zero attached hydrogens (tertiary/aromatic N) is 2. The summed E-state index contributed by atoms with van der Waals surface area (Å²) in [5.74, 6) is 0.0295. The third kappa shape index (κ3) is 5.44. The molecule has 1 amide bonds. The number of hydrogen-bond acceptors (Lipinski definition) is 3. The minimum Gasteiger partial charge on any atom is -0.340 e. The van der Waals surface area contributed by atoms with Crippen molar-refractivity contribution in [3.05, 3.63) is 35.6 Å². The number of halogens is 1. The molecule has 1 aromatic rings. The van der Waals surface area contributed by atoms with E-state index in [9.17, 15) is 9.18 Å². The maximum absolute atomic E-state index is 12.8. The number of rotatable bonds is 6. The largest absolute Gasteiger partial charge is 0.340 e. The van der Waals surface area contributed by atoms with Crippen LogP contribution in [-0.4, -0.2) is 62.0 Å². The lowest BCUT2D eigenvalue weighted by Gasteiger charge is -2.32. The molecule has 4 nitrogen and oxygen atoms in total. The second kappa shape index (κ2) is 8.10. The van der Waals surface area contributed by atoms with Gasteiger partial charge in [0.1, 0.15) is 5.82 Å². The fraction of sp³-hybridized carbons (Fsp3) is 0.562. The monoisotopic (exact) mass is 293 g/mol. The molecule has 1 aliphatic heterocycles. The highest BCUT2D eigenvalue weighted by atomic mass is 19.1. The molecule has 116 valence electrons. The molecule has 0 atom stereocenters. The Balaban J connectivity index is 1.57. The third-order valence-corrected chi connectivity index (χ3v) is 3.88. The third-order valence-electron chi connectivity index (χ3n) is 3.88. The molecule has 0 aliphatic carbocycles. The van der Waals surface area contributed by atoms with Gasteiger partial charge in [-0.15, -0.1) is 0 Å². The van der Waals surface area contributed by atoms with Gasteiger partial charge in [-0.1, -0.05) is 12.1 Å². The Hall–Kier alpha value is -1.46. The molecule has 1 aliphatic rings. The van der Waals surface area contributed by atoms with Crippen LogP contribution in [0.1, 0.15) is 12.0 Å². The zero-order chi connectivity index (χ0) is 15.1. The van der Waals surface area contributed by atoms with Gasteiger partial charge in [-0.3, -0.25) is 4.79 Å². The fourth-order valence-corrected chi connectivity index (χ4v) is 2.42. The van der Waals surface area contributed by atoms with Gasteiger partial charge in [0.15, 0.2) is 0 Å². The normalized spacial score (nSPS) is 16.2. The number of amides is 1. The molecule has 1 N–H and O–H groups in total. The molecule has 21 heavy (non-hydrogen) atoms. The Labute approximate surface area is 125 Å². The van der Waals surface area contributed by atoms with Crippen LogP contribution >= 0.6 is 0 Å². The van der Waals surface area contributed by atoms with Crippen LogP contribution in [0.2, 0.25) is 0 Å². The van der Waals surface area contributed by atoms with Crippen molar-refractivity contribution in [3.8, 4) is 0 Å². The zero-order valence-corrected chi connectivity index (χ0v) is 12.6. The molecular weight excluding hydrogens is 269 g/mol. The van der Waals surface area contributed by atoms with E-state index in [-0.39, 0.29) is 11.7 Å². The first kappa shape index (κ1) is 15.9. The van der Waals surface area contributed by atoms with E-state index in [1.54, 1.807) is 12.1 Å². The maximum Gasteiger partial charge on any atom is 0.223 e. The van der Waals surface area contributed by atoms with Gasteiger partial charge in [0, 0.05) is 39.1 Å². The van der Waals surface area contributed by atoms with Crippen molar-refractivity contribution in [2.24, 2.45) is 0 Å². The van der Waals surface area contributed by atoms with Gasteiger partial charge in [0.2, 0.25) is 5.91 Å². The van der Waals surface area contributed by atoms with Gasteiger partial charge in [-0.25, -0.2) is 4.39 Å². The van der Waals surface area contributed by atoms with Gasteiger partial charge in [0.05, 0.1) is 0 Å². The van der Waals surface area contributed by atoms with Crippen LogP contribution in [-0.2, 0) is 11.2 Å². The highest BCUT2D eigenvalue weighted by Gasteiger charge is 2.18. The molecule has 0 aromatic heterocycles. The van der Waals surface area contributed by atoms with Crippen molar-refractivity contribution in [1.29, 1.82) is 0 Å². The SMILES string of the molecule is CN1CCN(C(=O)CCNCCc2ccc(F)cc2)CC1.